The molecule has 2 aliphatic heterocycles. The molecule has 7 heteroatoms. The van der Waals surface area contributed by atoms with Gasteiger partial charge in [-0.1, -0.05) is 62.9 Å². The fourth-order valence-corrected chi connectivity index (χ4v) is 4.95. The summed E-state index contributed by atoms with van der Waals surface area (Å²) in [5.41, 5.74) is 2.19. The third-order valence-electron chi connectivity index (χ3n) is 6.35. The molecule has 3 aliphatic rings. The zero-order valence-electron chi connectivity index (χ0n) is 17.5. The Morgan fingerprint density at radius 3 is 2.63 bits per heavy atom. The lowest BCUT2D eigenvalue weighted by Gasteiger charge is -2.32. The van der Waals surface area contributed by atoms with Gasteiger partial charge in [0.15, 0.2) is 11.7 Å². The van der Waals surface area contributed by atoms with Crippen molar-refractivity contribution >= 4 is 30.1 Å². The summed E-state index contributed by atoms with van der Waals surface area (Å²) >= 11 is 0. The van der Waals surface area contributed by atoms with E-state index in [1.165, 1.54) is 31.2 Å². The van der Waals surface area contributed by atoms with E-state index in [0.717, 1.165) is 42.4 Å². The van der Waals surface area contributed by atoms with Gasteiger partial charge >= 0.3 is 6.03 Å². The number of urea groups is 1. The quantitative estimate of drug-likeness (QED) is 0.732. The first-order valence-electron chi connectivity index (χ1n) is 11.0. The van der Waals surface area contributed by atoms with E-state index < -0.39 is 0 Å². The van der Waals surface area contributed by atoms with Gasteiger partial charge in [0.25, 0.3) is 0 Å². The molecule has 2 amide bonds. The number of rotatable bonds is 6. The Hall–Kier alpha value is -2.34. The third kappa shape index (κ3) is 3.85. The van der Waals surface area contributed by atoms with Crippen molar-refractivity contribution in [1.82, 2.24) is 14.9 Å². The van der Waals surface area contributed by atoms with Crippen molar-refractivity contribution in [1.29, 1.82) is 0 Å². The van der Waals surface area contributed by atoms with E-state index in [9.17, 15) is 4.79 Å². The average Bonchev–Trinajstić information content (AvgIpc) is 3.46. The van der Waals surface area contributed by atoms with E-state index in [4.69, 9.17) is 9.98 Å². The van der Waals surface area contributed by atoms with Crippen LogP contribution in [0.15, 0.2) is 35.3 Å². The molecule has 1 fully saturated rings. The standard InChI is InChI=1S/C23H29N5O.ClH/c1-2-12-27-22-20(25-19(26-22)14-17-10-6-7-11-17)21-24-18(15-28(21)23(27)29)13-16-8-4-3-5-9-16;/h3-5,8-9,17-18H,2,6-7,10-15H2,1H3,(H,25,26);1H/t18-;/m1./s1. The Kier molecular flexibility index (Phi) is 6.14. The first-order chi connectivity index (χ1) is 14.2. The van der Waals surface area contributed by atoms with Crippen molar-refractivity contribution in [3.05, 3.63) is 47.4 Å². The predicted molar refractivity (Wildman–Crippen MR) is 122 cm³/mol. The Morgan fingerprint density at radius 1 is 1.13 bits per heavy atom. The van der Waals surface area contributed by atoms with Crippen LogP contribution in [0, 0.1) is 5.92 Å². The van der Waals surface area contributed by atoms with Gasteiger partial charge < -0.3 is 4.98 Å². The number of aromatic amines is 1. The van der Waals surface area contributed by atoms with Crippen LogP contribution in [0.2, 0.25) is 0 Å². The second-order valence-corrected chi connectivity index (χ2v) is 8.58. The van der Waals surface area contributed by atoms with E-state index in [2.05, 4.69) is 36.2 Å². The summed E-state index contributed by atoms with van der Waals surface area (Å²) in [5.74, 6) is 3.28. The maximum atomic E-state index is 13.2. The SMILES string of the molecule is CCCN1C(=O)N2C[C@@H](Cc3ccccc3)N=C2c2[nH]c(CC3CCCC3)nc21.Cl. The maximum Gasteiger partial charge on any atom is 0.331 e. The summed E-state index contributed by atoms with van der Waals surface area (Å²) in [6.45, 7) is 3.43. The highest BCUT2D eigenvalue weighted by molar-refractivity contribution is 6.18. The number of nitrogens with zero attached hydrogens (tertiary/aromatic N) is 4. The van der Waals surface area contributed by atoms with Crippen LogP contribution in [0.3, 0.4) is 0 Å². The molecule has 0 radical (unpaired) electrons. The molecule has 3 heterocycles. The number of benzene rings is 1. The fourth-order valence-electron chi connectivity index (χ4n) is 4.95. The van der Waals surface area contributed by atoms with E-state index >= 15 is 0 Å². The average molecular weight is 428 g/mol. The molecule has 0 spiro atoms. The summed E-state index contributed by atoms with van der Waals surface area (Å²) in [5, 5.41) is 0. The van der Waals surface area contributed by atoms with Crippen LogP contribution in [-0.2, 0) is 12.8 Å². The van der Waals surface area contributed by atoms with Gasteiger partial charge in [0.1, 0.15) is 11.5 Å². The number of carbonyl (C=O) groups excluding carboxylic acids is 1. The zero-order valence-corrected chi connectivity index (χ0v) is 18.3. The Morgan fingerprint density at radius 2 is 1.90 bits per heavy atom. The number of H-pyrrole nitrogens is 1. The second kappa shape index (κ2) is 8.80. The molecule has 6 nitrogen and oxygen atoms in total. The monoisotopic (exact) mass is 427 g/mol. The van der Waals surface area contributed by atoms with E-state index in [1.807, 2.05) is 15.9 Å². The normalized spacial score (nSPS) is 20.8. The first kappa shape index (κ1) is 20.9. The van der Waals surface area contributed by atoms with Crippen LogP contribution in [0.4, 0.5) is 10.6 Å². The van der Waals surface area contributed by atoms with Crippen LogP contribution in [0.1, 0.15) is 56.1 Å². The fraction of sp³-hybridized carbons (Fsp3) is 0.522. The number of halogens is 1. The molecule has 0 saturated heterocycles. The summed E-state index contributed by atoms with van der Waals surface area (Å²) in [6.07, 6.45) is 7.96. The van der Waals surface area contributed by atoms with Gasteiger partial charge in [0.05, 0.1) is 12.6 Å². The molecule has 2 aromatic rings. The lowest BCUT2D eigenvalue weighted by molar-refractivity contribution is 0.226. The lowest BCUT2D eigenvalue weighted by atomic mass is 10.0. The number of aliphatic imine (C=N–C) groups is 1. The highest BCUT2D eigenvalue weighted by Crippen LogP contribution is 2.33. The van der Waals surface area contributed by atoms with Gasteiger partial charge in [-0.25, -0.2) is 9.78 Å². The summed E-state index contributed by atoms with van der Waals surface area (Å²) in [6, 6.07) is 10.5. The van der Waals surface area contributed by atoms with E-state index in [-0.39, 0.29) is 24.5 Å². The number of hydrogen-bond donors (Lipinski definition) is 1. The largest absolute Gasteiger partial charge is 0.338 e. The highest BCUT2D eigenvalue weighted by Gasteiger charge is 2.42. The summed E-state index contributed by atoms with van der Waals surface area (Å²) in [7, 11) is 0. The van der Waals surface area contributed by atoms with E-state index in [0.29, 0.717) is 19.0 Å². The van der Waals surface area contributed by atoms with E-state index in [1.54, 1.807) is 0 Å². The molecule has 160 valence electrons. The molecule has 1 N–H and O–H groups in total. The minimum absolute atomic E-state index is 0. The molecule has 0 unspecified atom stereocenters. The Labute approximate surface area is 184 Å². The molecule has 1 saturated carbocycles. The molecule has 1 aromatic carbocycles. The van der Waals surface area contributed by atoms with Crippen LogP contribution in [0.25, 0.3) is 0 Å². The topological polar surface area (TPSA) is 64.6 Å². The number of hydrogen-bond acceptors (Lipinski definition) is 3. The molecule has 0 bridgehead atoms. The number of carbonyl (C=O) groups is 1. The number of fused-ring (bicyclic) bond motifs is 3. The Balaban J connectivity index is 0.00000218. The van der Waals surface area contributed by atoms with Crippen molar-refractivity contribution < 1.29 is 4.79 Å². The van der Waals surface area contributed by atoms with Crippen molar-refractivity contribution in [2.24, 2.45) is 10.9 Å². The highest BCUT2D eigenvalue weighted by atomic mass is 35.5. The first-order valence-corrected chi connectivity index (χ1v) is 11.0. The van der Waals surface area contributed by atoms with Gasteiger partial charge in [-0.15, -0.1) is 12.4 Å². The number of aromatic nitrogens is 2. The number of amides is 2. The van der Waals surface area contributed by atoms with Crippen molar-refractivity contribution in [2.45, 2.75) is 57.9 Å². The van der Waals surface area contributed by atoms with Crippen molar-refractivity contribution in [3.8, 4) is 0 Å². The number of amidine groups is 1. The van der Waals surface area contributed by atoms with Gasteiger partial charge in [0, 0.05) is 13.0 Å². The molecular weight excluding hydrogens is 398 g/mol. The van der Waals surface area contributed by atoms with Crippen LogP contribution in [0.5, 0.6) is 0 Å². The van der Waals surface area contributed by atoms with Crippen LogP contribution < -0.4 is 4.90 Å². The van der Waals surface area contributed by atoms with Gasteiger partial charge in [0.2, 0.25) is 0 Å². The third-order valence-corrected chi connectivity index (χ3v) is 6.35. The maximum absolute atomic E-state index is 13.2. The molecule has 30 heavy (non-hydrogen) atoms. The van der Waals surface area contributed by atoms with Crippen LogP contribution in [-0.4, -0.2) is 45.9 Å². The molecular formula is C23H30ClN5O. The van der Waals surface area contributed by atoms with Gasteiger partial charge in [-0.2, -0.15) is 0 Å². The smallest absolute Gasteiger partial charge is 0.331 e. The summed E-state index contributed by atoms with van der Waals surface area (Å²) < 4.78 is 0. The molecule has 1 aliphatic carbocycles. The molecule has 1 atom stereocenters. The molecule has 5 rings (SSSR count). The second-order valence-electron chi connectivity index (χ2n) is 8.58. The Bertz CT molecular complexity index is 919. The lowest BCUT2D eigenvalue weighted by Crippen LogP contribution is -2.50. The van der Waals surface area contributed by atoms with Crippen molar-refractivity contribution in [3.63, 3.8) is 0 Å². The number of imidazole rings is 1. The predicted octanol–water partition coefficient (Wildman–Crippen LogP) is 4.59. The van der Waals surface area contributed by atoms with Crippen LogP contribution >= 0.6 is 12.4 Å². The minimum Gasteiger partial charge on any atom is -0.338 e. The summed E-state index contributed by atoms with van der Waals surface area (Å²) in [4.78, 5) is 30.3. The number of anilines is 1. The zero-order chi connectivity index (χ0) is 19.8. The van der Waals surface area contributed by atoms with Crippen molar-refractivity contribution in [2.75, 3.05) is 18.0 Å². The van der Waals surface area contributed by atoms with Gasteiger partial charge in [-0.3, -0.25) is 14.8 Å². The number of nitrogens with one attached hydrogen (secondary N) is 1. The minimum atomic E-state index is 0. The van der Waals surface area contributed by atoms with Gasteiger partial charge in [-0.05, 0) is 24.3 Å². The molecule has 1 aromatic heterocycles.